The molecule has 0 aromatic heterocycles. The molecule has 2 amide bonds. The Balaban J connectivity index is 1.42. The minimum Gasteiger partial charge on any atom is -0.508 e. The minimum absolute atomic E-state index is 0.145. The number of hydrogen-bond donors (Lipinski definition) is 2. The maximum Gasteiger partial charge on any atom is 0.282 e. The SMILES string of the molecule is COc1ccc(NC(=O)c2ccc(N3C(=O)C(=Cc4ccc(O)cc4)N=C3c3ccccc3)cc2)cc1. The zero-order valence-corrected chi connectivity index (χ0v) is 20.0. The monoisotopic (exact) mass is 489 g/mol. The lowest BCUT2D eigenvalue weighted by atomic mass is 10.1. The Hall–Kier alpha value is -5.17. The number of anilines is 2. The molecule has 2 N–H and O–H groups in total. The number of aromatic hydroxyl groups is 1. The summed E-state index contributed by atoms with van der Waals surface area (Å²) in [5, 5.41) is 12.4. The van der Waals surface area contributed by atoms with Gasteiger partial charge in [0, 0.05) is 16.8 Å². The minimum atomic E-state index is -0.289. The number of hydrogen-bond acceptors (Lipinski definition) is 5. The second-order valence-electron chi connectivity index (χ2n) is 8.29. The first-order valence-corrected chi connectivity index (χ1v) is 11.6. The third-order valence-corrected chi connectivity index (χ3v) is 5.82. The van der Waals surface area contributed by atoms with Crippen molar-refractivity contribution in [2.75, 3.05) is 17.3 Å². The molecule has 5 rings (SSSR count). The molecule has 182 valence electrons. The smallest absolute Gasteiger partial charge is 0.282 e. The highest BCUT2D eigenvalue weighted by Gasteiger charge is 2.32. The van der Waals surface area contributed by atoms with Crippen molar-refractivity contribution in [2.45, 2.75) is 0 Å². The second-order valence-corrected chi connectivity index (χ2v) is 8.29. The predicted octanol–water partition coefficient (Wildman–Crippen LogP) is 5.49. The molecule has 1 heterocycles. The average Bonchev–Trinajstić information content (AvgIpc) is 3.26. The summed E-state index contributed by atoms with van der Waals surface area (Å²) in [5.41, 5.74) is 3.47. The number of nitrogens with zero attached hydrogens (tertiary/aromatic N) is 2. The van der Waals surface area contributed by atoms with Crippen molar-refractivity contribution in [3.63, 3.8) is 0 Å². The van der Waals surface area contributed by atoms with Crippen molar-refractivity contribution >= 4 is 35.1 Å². The van der Waals surface area contributed by atoms with Gasteiger partial charge in [-0.1, -0.05) is 42.5 Å². The van der Waals surface area contributed by atoms with E-state index in [-0.39, 0.29) is 23.3 Å². The van der Waals surface area contributed by atoms with E-state index in [0.717, 1.165) is 11.1 Å². The van der Waals surface area contributed by atoms with Crippen LogP contribution >= 0.6 is 0 Å². The highest BCUT2D eigenvalue weighted by atomic mass is 16.5. The number of amides is 2. The van der Waals surface area contributed by atoms with Crippen LogP contribution in [0.5, 0.6) is 11.5 Å². The Morgan fingerprint density at radius 1 is 0.892 bits per heavy atom. The van der Waals surface area contributed by atoms with E-state index in [1.807, 2.05) is 30.3 Å². The van der Waals surface area contributed by atoms with Crippen LogP contribution in [0.2, 0.25) is 0 Å². The topological polar surface area (TPSA) is 91.2 Å². The van der Waals surface area contributed by atoms with Crippen molar-refractivity contribution < 1.29 is 19.4 Å². The second kappa shape index (κ2) is 10.2. The molecule has 1 aliphatic rings. The zero-order valence-electron chi connectivity index (χ0n) is 20.0. The Morgan fingerprint density at radius 2 is 1.57 bits per heavy atom. The van der Waals surface area contributed by atoms with Crippen molar-refractivity contribution in [1.82, 2.24) is 0 Å². The summed E-state index contributed by atoms with van der Waals surface area (Å²) in [6.07, 6.45) is 1.68. The first kappa shape index (κ1) is 23.6. The number of phenolic OH excluding ortho intramolecular Hbond substituents is 1. The van der Waals surface area contributed by atoms with Gasteiger partial charge < -0.3 is 15.2 Å². The fourth-order valence-electron chi connectivity index (χ4n) is 3.90. The summed E-state index contributed by atoms with van der Waals surface area (Å²) in [5.74, 6) is 0.779. The first-order chi connectivity index (χ1) is 18.0. The van der Waals surface area contributed by atoms with E-state index in [2.05, 4.69) is 10.3 Å². The van der Waals surface area contributed by atoms with Gasteiger partial charge in [-0.15, -0.1) is 0 Å². The molecule has 1 aliphatic heterocycles. The molecule has 0 saturated carbocycles. The third kappa shape index (κ3) is 5.11. The van der Waals surface area contributed by atoms with E-state index >= 15 is 0 Å². The van der Waals surface area contributed by atoms with Gasteiger partial charge in [0.05, 0.1) is 12.8 Å². The number of carbonyl (C=O) groups is 2. The van der Waals surface area contributed by atoms with E-state index < -0.39 is 0 Å². The van der Waals surface area contributed by atoms with Gasteiger partial charge in [-0.3, -0.25) is 14.5 Å². The Labute approximate surface area is 214 Å². The van der Waals surface area contributed by atoms with Gasteiger partial charge in [-0.2, -0.15) is 0 Å². The summed E-state index contributed by atoms with van der Waals surface area (Å²) in [6.45, 7) is 0. The van der Waals surface area contributed by atoms with Gasteiger partial charge >= 0.3 is 0 Å². The Morgan fingerprint density at radius 3 is 2.22 bits per heavy atom. The summed E-state index contributed by atoms with van der Waals surface area (Å²) in [7, 11) is 1.58. The van der Waals surface area contributed by atoms with Gasteiger partial charge in [0.2, 0.25) is 0 Å². The van der Waals surface area contributed by atoms with Crippen molar-refractivity contribution in [3.05, 3.63) is 126 Å². The maximum atomic E-state index is 13.5. The number of nitrogens with one attached hydrogen (secondary N) is 1. The molecular formula is C30H23N3O4. The van der Waals surface area contributed by atoms with Gasteiger partial charge in [0.15, 0.2) is 0 Å². The quantitative estimate of drug-likeness (QED) is 0.351. The number of ether oxygens (including phenoxy) is 1. The number of phenols is 1. The highest BCUT2D eigenvalue weighted by molar-refractivity contribution is 6.33. The molecule has 7 heteroatoms. The van der Waals surface area contributed by atoms with E-state index in [1.165, 1.54) is 4.90 Å². The molecule has 0 spiro atoms. The normalized spacial score (nSPS) is 14.0. The van der Waals surface area contributed by atoms with E-state index in [1.54, 1.807) is 86.0 Å². The lowest BCUT2D eigenvalue weighted by Crippen LogP contribution is -2.32. The summed E-state index contributed by atoms with van der Waals surface area (Å²) < 4.78 is 5.15. The average molecular weight is 490 g/mol. The van der Waals surface area contributed by atoms with Crippen LogP contribution in [0, 0.1) is 0 Å². The summed E-state index contributed by atoms with van der Waals surface area (Å²) >= 11 is 0. The fourth-order valence-corrected chi connectivity index (χ4v) is 3.90. The van der Waals surface area contributed by atoms with Gasteiger partial charge in [0.25, 0.3) is 11.8 Å². The van der Waals surface area contributed by atoms with Crippen molar-refractivity contribution in [1.29, 1.82) is 0 Å². The van der Waals surface area contributed by atoms with Gasteiger partial charge in [-0.05, 0) is 72.3 Å². The van der Waals surface area contributed by atoms with E-state index in [0.29, 0.717) is 28.5 Å². The molecule has 4 aromatic rings. The number of methoxy groups -OCH3 is 1. The third-order valence-electron chi connectivity index (χ3n) is 5.82. The molecular weight excluding hydrogens is 466 g/mol. The molecule has 0 atom stereocenters. The highest BCUT2D eigenvalue weighted by Crippen LogP contribution is 2.28. The predicted molar refractivity (Wildman–Crippen MR) is 144 cm³/mol. The number of carbonyl (C=O) groups excluding carboxylic acids is 2. The van der Waals surface area contributed by atoms with E-state index in [9.17, 15) is 14.7 Å². The van der Waals surface area contributed by atoms with Crippen LogP contribution < -0.4 is 15.0 Å². The number of aliphatic imine (C=N–C) groups is 1. The molecule has 37 heavy (non-hydrogen) atoms. The Kier molecular flexibility index (Phi) is 6.50. The molecule has 0 unspecified atom stereocenters. The number of amidine groups is 1. The molecule has 0 bridgehead atoms. The molecule has 4 aromatic carbocycles. The van der Waals surface area contributed by atoms with Crippen LogP contribution in [0.4, 0.5) is 11.4 Å². The number of rotatable bonds is 6. The molecule has 0 aliphatic carbocycles. The lowest BCUT2D eigenvalue weighted by molar-refractivity contribution is -0.113. The van der Waals surface area contributed by atoms with Crippen LogP contribution in [0.3, 0.4) is 0 Å². The lowest BCUT2D eigenvalue weighted by Gasteiger charge is -2.19. The van der Waals surface area contributed by atoms with E-state index in [4.69, 9.17) is 4.74 Å². The number of benzene rings is 4. The van der Waals surface area contributed by atoms with Crippen molar-refractivity contribution in [2.24, 2.45) is 4.99 Å². The summed E-state index contributed by atoms with van der Waals surface area (Å²) in [6, 6.07) is 29.8. The van der Waals surface area contributed by atoms with Crippen molar-refractivity contribution in [3.8, 4) is 11.5 Å². The van der Waals surface area contributed by atoms with Crippen LogP contribution in [0.15, 0.2) is 114 Å². The van der Waals surface area contributed by atoms with Crippen LogP contribution in [0.1, 0.15) is 21.5 Å². The van der Waals surface area contributed by atoms with Gasteiger partial charge in [-0.25, -0.2) is 4.99 Å². The molecule has 0 saturated heterocycles. The van der Waals surface area contributed by atoms with Gasteiger partial charge in [0.1, 0.15) is 23.0 Å². The van der Waals surface area contributed by atoms with Crippen LogP contribution in [-0.2, 0) is 4.79 Å². The first-order valence-electron chi connectivity index (χ1n) is 11.6. The maximum absolute atomic E-state index is 13.5. The van der Waals surface area contributed by atoms with Crippen LogP contribution in [0.25, 0.3) is 6.08 Å². The standard InChI is InChI=1S/C30H23N3O4/c1-37-26-17-11-23(12-18-26)31-29(35)22-9-13-24(14-10-22)33-28(21-5-3-2-4-6-21)32-27(30(33)36)19-20-7-15-25(34)16-8-20/h2-19,34H,1H3,(H,31,35). The zero-order chi connectivity index (χ0) is 25.8. The Bertz CT molecular complexity index is 1490. The fraction of sp³-hybridized carbons (Fsp3) is 0.0333. The molecule has 0 radical (unpaired) electrons. The van der Waals surface area contributed by atoms with Crippen LogP contribution in [-0.4, -0.2) is 29.9 Å². The molecule has 7 nitrogen and oxygen atoms in total. The summed E-state index contributed by atoms with van der Waals surface area (Å²) in [4.78, 5) is 32.4. The molecule has 0 fully saturated rings. The largest absolute Gasteiger partial charge is 0.508 e.